The van der Waals surface area contributed by atoms with Gasteiger partial charge >= 0.3 is 0 Å². The van der Waals surface area contributed by atoms with Gasteiger partial charge in [-0.3, -0.25) is 0 Å². The van der Waals surface area contributed by atoms with E-state index in [-0.39, 0.29) is 24.8 Å². The molecule has 0 bridgehead atoms. The molecule has 0 aromatic carbocycles. The summed E-state index contributed by atoms with van der Waals surface area (Å²) in [5, 5.41) is 0. The van der Waals surface area contributed by atoms with Gasteiger partial charge in [-0.2, -0.15) is 0 Å². The van der Waals surface area contributed by atoms with Crippen molar-refractivity contribution in [2.24, 2.45) is 0 Å². The Morgan fingerprint density at radius 2 is 0.429 bits per heavy atom. The summed E-state index contributed by atoms with van der Waals surface area (Å²) in [5.74, 6) is 0. The minimum atomic E-state index is 0. The average molecular weight is 836 g/mol. The van der Waals surface area contributed by atoms with Gasteiger partial charge in [0.15, 0.2) is 0 Å². The van der Waals surface area contributed by atoms with Crippen molar-refractivity contribution in [2.75, 3.05) is 47.8 Å². The lowest BCUT2D eigenvalue weighted by Gasteiger charge is -2.30. The third-order valence-corrected chi connectivity index (χ3v) is 12.2. The van der Waals surface area contributed by atoms with Gasteiger partial charge in [-0.05, 0) is 52.7 Å². The normalized spacial score (nSPS) is 11.4. The molecule has 0 saturated carbocycles. The molecule has 0 rings (SSSR count). The average Bonchev–Trinajstić information content (AvgIpc) is 3.15. The summed E-state index contributed by atoms with van der Waals surface area (Å²) in [7, 11) is 9.26. The second-order valence-electron chi connectivity index (χ2n) is 19.0. The molecule has 0 atom stereocenters. The van der Waals surface area contributed by atoms with Crippen molar-refractivity contribution in [1.82, 2.24) is 4.90 Å². The van der Waals surface area contributed by atoms with Crippen LogP contribution >= 0.6 is 12.4 Å². The number of hydrogen-bond acceptors (Lipinski definition) is 1. The maximum atomic E-state index is 2.47. The Kier molecular flexibility index (Phi) is 62.6. The number of nitrogens with zero attached hydrogens (tertiary/aromatic N) is 2. The first kappa shape index (κ1) is 63.1. The van der Waals surface area contributed by atoms with Crippen LogP contribution in [0.4, 0.5) is 0 Å². The molecule has 344 valence electrons. The minimum absolute atomic E-state index is 0. The molecule has 0 aliphatic heterocycles. The van der Waals surface area contributed by atoms with Gasteiger partial charge in [-0.15, -0.1) is 12.4 Å². The molecule has 0 aliphatic rings. The number of hydrogen-bond donors (Lipinski definition) is 0. The molecule has 56 heavy (non-hydrogen) atoms. The molecule has 0 unspecified atom stereocenters. The molecule has 4 heteroatoms. The summed E-state index contributed by atoms with van der Waals surface area (Å²) >= 11 is 0. The van der Waals surface area contributed by atoms with E-state index in [0.717, 1.165) is 0 Å². The van der Waals surface area contributed by atoms with Crippen molar-refractivity contribution >= 4 is 12.4 Å². The maximum absolute atomic E-state index is 2.47. The van der Waals surface area contributed by atoms with Crippen molar-refractivity contribution in [3.8, 4) is 0 Å². The number of quaternary nitrogens is 1. The Morgan fingerprint density at radius 3 is 0.607 bits per heavy atom. The summed E-state index contributed by atoms with van der Waals surface area (Å²) < 4.78 is 1.25. The van der Waals surface area contributed by atoms with E-state index in [1.54, 1.807) is 0 Å². The van der Waals surface area contributed by atoms with Gasteiger partial charge in [0.05, 0.1) is 27.2 Å². The Labute approximate surface area is 370 Å². The Morgan fingerprint density at radius 1 is 0.268 bits per heavy atom. The van der Waals surface area contributed by atoms with Gasteiger partial charge < -0.3 is 21.8 Å². The fraction of sp³-hybridized carbons (Fsp3) is 1.00. The molecular weight excluding hydrogens is 723 g/mol. The molecule has 2 nitrogen and oxygen atoms in total. The Bertz CT molecular complexity index is 602. The van der Waals surface area contributed by atoms with Gasteiger partial charge in [0.25, 0.3) is 0 Å². The smallest absolute Gasteiger partial charge is 0.0782 e. The van der Waals surface area contributed by atoms with Crippen LogP contribution in [0, 0.1) is 0 Å². The molecule has 0 heterocycles. The zero-order valence-electron chi connectivity index (χ0n) is 40.5. The third kappa shape index (κ3) is 61.2. The van der Waals surface area contributed by atoms with Crippen LogP contribution in [0.2, 0.25) is 0 Å². The first-order valence-electron chi connectivity index (χ1n) is 25.9. The molecule has 0 aliphatic carbocycles. The summed E-state index contributed by atoms with van der Waals surface area (Å²) in [6.07, 6.45) is 61.3. The molecule has 0 spiro atoms. The molecule has 0 aromatic rings. The Balaban J connectivity index is -0.000000670. The maximum Gasteiger partial charge on any atom is 0.0782 e. The molecule has 0 aromatic heterocycles. The van der Waals surface area contributed by atoms with E-state index >= 15 is 0 Å². The lowest BCUT2D eigenvalue weighted by molar-refractivity contribution is -0.890. The van der Waals surface area contributed by atoms with Crippen molar-refractivity contribution in [3.63, 3.8) is 0 Å². The van der Waals surface area contributed by atoms with Gasteiger partial charge in [-0.25, -0.2) is 0 Å². The standard InChI is InChI=1S/C38H80N.C14H31N.2ClH/c1-5-7-9-11-13-15-17-19-21-23-25-27-29-31-33-35-37-39(3,4)38-36-34-32-30-28-26-24-22-20-18-16-14-12-10-8-6-2;1-4-5-6-7-8-9-10-11-12-13-14-15(2)3;;/h5-38H2,1-4H3;4-14H2,1-3H3;2*1H/q+1;;;/p-1. The molecule has 0 amide bonds. The summed E-state index contributed by atoms with van der Waals surface area (Å²) in [6, 6.07) is 0. The highest BCUT2D eigenvalue weighted by molar-refractivity contribution is 5.85. The monoisotopic (exact) mass is 835 g/mol. The summed E-state index contributed by atoms with van der Waals surface area (Å²) in [4.78, 5) is 2.28. The van der Waals surface area contributed by atoms with Crippen LogP contribution in [0.5, 0.6) is 0 Å². The number of halogens is 2. The second kappa shape index (κ2) is 55.5. The van der Waals surface area contributed by atoms with E-state index < -0.39 is 0 Å². The highest BCUT2D eigenvalue weighted by Crippen LogP contribution is 2.17. The van der Waals surface area contributed by atoms with E-state index in [1.165, 1.54) is 294 Å². The van der Waals surface area contributed by atoms with Crippen molar-refractivity contribution in [1.29, 1.82) is 0 Å². The summed E-state index contributed by atoms with van der Waals surface area (Å²) in [5.41, 5.74) is 0. The predicted octanol–water partition coefficient (Wildman–Crippen LogP) is 15.5. The largest absolute Gasteiger partial charge is 1.00 e. The highest BCUT2D eigenvalue weighted by Gasteiger charge is 2.13. The third-order valence-electron chi connectivity index (χ3n) is 12.2. The van der Waals surface area contributed by atoms with E-state index in [9.17, 15) is 0 Å². The van der Waals surface area contributed by atoms with Crippen LogP contribution in [0.15, 0.2) is 0 Å². The minimum Gasteiger partial charge on any atom is -1.00 e. The van der Waals surface area contributed by atoms with Crippen LogP contribution in [0.1, 0.15) is 290 Å². The first-order chi connectivity index (χ1) is 26.4. The van der Waals surface area contributed by atoms with Crippen LogP contribution in [-0.2, 0) is 0 Å². The van der Waals surface area contributed by atoms with Gasteiger partial charge in [-0.1, -0.05) is 258 Å². The number of unbranched alkanes of at least 4 members (excludes halogenated alkanes) is 39. The quantitative estimate of drug-likeness (QED) is 0.0436. The zero-order valence-corrected chi connectivity index (χ0v) is 42.1. The Hall–Kier alpha value is 0.500. The fourth-order valence-electron chi connectivity index (χ4n) is 8.20. The molecular formula is C52H112Cl2N2. The lowest BCUT2D eigenvalue weighted by Crippen LogP contribution is -3.00. The number of rotatable bonds is 45. The molecule has 0 saturated heterocycles. The van der Waals surface area contributed by atoms with Crippen molar-refractivity contribution in [2.45, 2.75) is 290 Å². The van der Waals surface area contributed by atoms with Crippen LogP contribution in [0.3, 0.4) is 0 Å². The van der Waals surface area contributed by atoms with E-state index in [2.05, 4.69) is 53.9 Å². The lowest BCUT2D eigenvalue weighted by atomic mass is 10.0. The van der Waals surface area contributed by atoms with E-state index in [4.69, 9.17) is 0 Å². The highest BCUT2D eigenvalue weighted by atomic mass is 35.5. The van der Waals surface area contributed by atoms with Crippen LogP contribution < -0.4 is 12.4 Å². The van der Waals surface area contributed by atoms with Crippen molar-refractivity contribution < 1.29 is 16.9 Å². The molecule has 0 radical (unpaired) electrons. The molecule has 0 N–H and O–H groups in total. The van der Waals surface area contributed by atoms with Gasteiger partial charge in [0, 0.05) is 0 Å². The fourth-order valence-corrected chi connectivity index (χ4v) is 8.20. The first-order valence-corrected chi connectivity index (χ1v) is 25.9. The van der Waals surface area contributed by atoms with E-state index in [0.29, 0.717) is 0 Å². The topological polar surface area (TPSA) is 3.24 Å². The zero-order chi connectivity index (χ0) is 39.9. The van der Waals surface area contributed by atoms with Crippen LogP contribution in [0.25, 0.3) is 0 Å². The molecule has 0 fully saturated rings. The second-order valence-corrected chi connectivity index (χ2v) is 19.0. The summed E-state index contributed by atoms with van der Waals surface area (Å²) in [6.45, 7) is 10.9. The van der Waals surface area contributed by atoms with Crippen LogP contribution in [-0.4, -0.2) is 57.2 Å². The SMILES string of the molecule is CCCCCCCCCCCCCCCCCC[N+](C)(C)CCCCCCCCCCCCCCCCCC.CCCCCCCCCCCCN(C)C.Cl.[Cl-]. The predicted molar refractivity (Wildman–Crippen MR) is 259 cm³/mol. The van der Waals surface area contributed by atoms with Gasteiger partial charge in [0.1, 0.15) is 0 Å². The van der Waals surface area contributed by atoms with Gasteiger partial charge in [0.2, 0.25) is 0 Å². The van der Waals surface area contributed by atoms with Crippen molar-refractivity contribution in [3.05, 3.63) is 0 Å². The van der Waals surface area contributed by atoms with E-state index in [1.807, 2.05) is 0 Å².